The molecule has 0 saturated carbocycles. The number of thioether (sulfide) groups is 1. The molecule has 29 heavy (non-hydrogen) atoms. The first-order valence-corrected chi connectivity index (χ1v) is 11.2. The molecule has 0 aliphatic heterocycles. The van der Waals surface area contributed by atoms with E-state index >= 15 is 0 Å². The van der Waals surface area contributed by atoms with Crippen molar-refractivity contribution in [3.63, 3.8) is 0 Å². The van der Waals surface area contributed by atoms with E-state index in [1.807, 2.05) is 47.4 Å². The van der Waals surface area contributed by atoms with Gasteiger partial charge in [-0.2, -0.15) is 0 Å². The Morgan fingerprint density at radius 2 is 2.07 bits per heavy atom. The summed E-state index contributed by atoms with van der Waals surface area (Å²) < 4.78 is 16.8. The largest absolute Gasteiger partial charge is 0.337 e. The van der Waals surface area contributed by atoms with Gasteiger partial charge in [0.05, 0.1) is 11.0 Å². The highest BCUT2D eigenvalue weighted by molar-refractivity contribution is 7.98. The second-order valence-electron chi connectivity index (χ2n) is 6.42. The molecular weight excluding hydrogens is 407 g/mol. The van der Waals surface area contributed by atoms with Crippen molar-refractivity contribution in [2.24, 2.45) is 0 Å². The maximum atomic E-state index is 14.1. The van der Waals surface area contributed by atoms with Crippen LogP contribution in [0, 0.1) is 5.82 Å². The van der Waals surface area contributed by atoms with Crippen molar-refractivity contribution in [1.29, 1.82) is 0 Å². The molecule has 4 rings (SSSR count). The predicted octanol–water partition coefficient (Wildman–Crippen LogP) is 5.09. The summed E-state index contributed by atoms with van der Waals surface area (Å²) in [6, 6.07) is 12.4. The number of hydrogen-bond donors (Lipinski definition) is 0. The van der Waals surface area contributed by atoms with E-state index in [1.54, 1.807) is 35.3 Å². The average Bonchev–Trinajstić information content (AvgIpc) is 3.41. The third-order valence-corrected chi connectivity index (χ3v) is 6.32. The van der Waals surface area contributed by atoms with Crippen molar-refractivity contribution in [2.45, 2.75) is 17.9 Å². The third-order valence-electron chi connectivity index (χ3n) is 4.53. The Bertz CT molecular complexity index is 1110. The van der Waals surface area contributed by atoms with Gasteiger partial charge in [0.1, 0.15) is 11.3 Å². The first kappa shape index (κ1) is 19.6. The highest BCUT2D eigenvalue weighted by Crippen LogP contribution is 2.31. The van der Waals surface area contributed by atoms with Gasteiger partial charge in [-0.25, -0.2) is 14.4 Å². The summed E-state index contributed by atoms with van der Waals surface area (Å²) in [7, 11) is 0. The molecule has 0 aliphatic carbocycles. The number of thiazole rings is 1. The number of amides is 1. The summed E-state index contributed by atoms with van der Waals surface area (Å²) in [4.78, 5) is 24.5. The van der Waals surface area contributed by atoms with Crippen molar-refractivity contribution < 1.29 is 9.18 Å². The Morgan fingerprint density at radius 1 is 1.24 bits per heavy atom. The number of hydrogen-bond acceptors (Lipinski definition) is 5. The number of rotatable bonds is 7. The number of carbonyl (C=O) groups excluding carboxylic acids is 1. The smallest absolute Gasteiger partial charge is 0.260 e. The minimum atomic E-state index is -0.375. The molecule has 4 aromatic rings. The topological polar surface area (TPSA) is 51.0 Å². The van der Waals surface area contributed by atoms with Gasteiger partial charge in [0.2, 0.25) is 0 Å². The van der Waals surface area contributed by atoms with E-state index in [0.29, 0.717) is 22.8 Å². The van der Waals surface area contributed by atoms with Gasteiger partial charge in [0.15, 0.2) is 5.13 Å². The molecule has 0 saturated heterocycles. The summed E-state index contributed by atoms with van der Waals surface area (Å²) in [6.45, 7) is 1.21. The molecule has 0 atom stereocenters. The van der Waals surface area contributed by atoms with E-state index in [0.717, 1.165) is 22.6 Å². The summed E-state index contributed by atoms with van der Waals surface area (Å²) in [6.07, 6.45) is 8.09. The minimum Gasteiger partial charge on any atom is -0.337 e. The summed E-state index contributed by atoms with van der Waals surface area (Å²) in [5.41, 5.74) is 0.891. The van der Waals surface area contributed by atoms with Gasteiger partial charge < -0.3 is 4.57 Å². The van der Waals surface area contributed by atoms with Crippen LogP contribution in [-0.2, 0) is 6.54 Å². The summed E-state index contributed by atoms with van der Waals surface area (Å²) >= 11 is 2.95. The number of aryl methyl sites for hydroxylation is 1. The number of para-hydroxylation sites is 1. The van der Waals surface area contributed by atoms with Gasteiger partial charge in [0, 0.05) is 35.9 Å². The van der Waals surface area contributed by atoms with E-state index in [9.17, 15) is 9.18 Å². The number of imidazole rings is 1. The van der Waals surface area contributed by atoms with Crippen LogP contribution in [0.4, 0.5) is 9.52 Å². The lowest BCUT2D eigenvalue weighted by Gasteiger charge is -2.20. The molecule has 2 aromatic carbocycles. The first-order valence-electron chi connectivity index (χ1n) is 9.12. The van der Waals surface area contributed by atoms with Crippen LogP contribution in [0.2, 0.25) is 0 Å². The van der Waals surface area contributed by atoms with Gasteiger partial charge >= 0.3 is 0 Å². The molecule has 0 unspecified atom stereocenters. The number of carbonyl (C=O) groups is 1. The Labute approximate surface area is 176 Å². The molecule has 5 nitrogen and oxygen atoms in total. The van der Waals surface area contributed by atoms with E-state index in [1.165, 1.54) is 17.4 Å². The van der Waals surface area contributed by atoms with E-state index < -0.39 is 0 Å². The Kier molecular flexibility index (Phi) is 5.92. The van der Waals surface area contributed by atoms with Crippen LogP contribution in [0.5, 0.6) is 0 Å². The van der Waals surface area contributed by atoms with Gasteiger partial charge in [-0.05, 0) is 49.1 Å². The summed E-state index contributed by atoms with van der Waals surface area (Å²) in [5, 5.41) is 0.509. The average molecular weight is 427 g/mol. The maximum Gasteiger partial charge on any atom is 0.260 e. The fraction of sp³-hybridized carbons (Fsp3) is 0.190. The number of benzene rings is 2. The number of halogens is 1. The van der Waals surface area contributed by atoms with Crippen molar-refractivity contribution in [3.05, 3.63) is 72.6 Å². The number of anilines is 1. The van der Waals surface area contributed by atoms with Gasteiger partial charge in [0.25, 0.3) is 5.91 Å². The SMILES string of the molecule is CSc1ccc(C(=O)N(CCCn2ccnc2)c2nc3c(F)cccc3s2)cc1. The second kappa shape index (κ2) is 8.75. The molecule has 0 fully saturated rings. The molecule has 2 heterocycles. The molecule has 0 aliphatic rings. The van der Waals surface area contributed by atoms with Crippen LogP contribution in [0.3, 0.4) is 0 Å². The molecule has 0 spiro atoms. The summed E-state index contributed by atoms with van der Waals surface area (Å²) in [5.74, 6) is -0.511. The lowest BCUT2D eigenvalue weighted by Crippen LogP contribution is -2.32. The molecule has 0 N–H and O–H groups in total. The van der Waals surface area contributed by atoms with E-state index in [4.69, 9.17) is 0 Å². The number of nitrogens with zero attached hydrogens (tertiary/aromatic N) is 4. The highest BCUT2D eigenvalue weighted by Gasteiger charge is 2.22. The Morgan fingerprint density at radius 3 is 2.76 bits per heavy atom. The molecule has 1 amide bonds. The van der Waals surface area contributed by atoms with Crippen LogP contribution >= 0.6 is 23.1 Å². The lowest BCUT2D eigenvalue weighted by molar-refractivity contribution is 0.0986. The monoisotopic (exact) mass is 426 g/mol. The van der Waals surface area contributed by atoms with Crippen LogP contribution in [0.15, 0.2) is 66.1 Å². The molecule has 0 bridgehead atoms. The quantitative estimate of drug-likeness (QED) is 0.386. The fourth-order valence-corrected chi connectivity index (χ4v) is 4.44. The highest BCUT2D eigenvalue weighted by atomic mass is 32.2. The van der Waals surface area contributed by atoms with Gasteiger partial charge in [-0.1, -0.05) is 17.4 Å². The van der Waals surface area contributed by atoms with Crippen LogP contribution in [0.25, 0.3) is 10.2 Å². The maximum absolute atomic E-state index is 14.1. The van der Waals surface area contributed by atoms with Crippen LogP contribution in [-0.4, -0.2) is 33.2 Å². The van der Waals surface area contributed by atoms with Crippen molar-refractivity contribution in [2.75, 3.05) is 17.7 Å². The minimum absolute atomic E-state index is 0.136. The zero-order valence-electron chi connectivity index (χ0n) is 15.8. The standard InChI is InChI=1S/C21H19FN4OS2/c1-28-16-8-6-15(7-9-16)20(27)26(12-3-11-25-13-10-23-14-25)21-24-19-17(22)4-2-5-18(19)29-21/h2,4-10,13-14H,3,11-12H2,1H3. The Hall–Kier alpha value is -2.71. The molecule has 8 heteroatoms. The van der Waals surface area contributed by atoms with Crippen molar-refractivity contribution >= 4 is 44.4 Å². The zero-order chi connectivity index (χ0) is 20.2. The van der Waals surface area contributed by atoms with Gasteiger partial charge in [-0.3, -0.25) is 9.69 Å². The normalized spacial score (nSPS) is 11.1. The predicted molar refractivity (Wildman–Crippen MR) is 116 cm³/mol. The second-order valence-corrected chi connectivity index (χ2v) is 8.31. The van der Waals surface area contributed by atoms with E-state index in [-0.39, 0.29) is 11.7 Å². The van der Waals surface area contributed by atoms with Crippen LogP contribution in [0.1, 0.15) is 16.8 Å². The van der Waals surface area contributed by atoms with Crippen molar-refractivity contribution in [3.8, 4) is 0 Å². The van der Waals surface area contributed by atoms with E-state index in [2.05, 4.69) is 9.97 Å². The molecule has 0 radical (unpaired) electrons. The molecular formula is C21H19FN4OS2. The first-order chi connectivity index (χ1) is 14.2. The van der Waals surface area contributed by atoms with Crippen LogP contribution < -0.4 is 4.90 Å². The zero-order valence-corrected chi connectivity index (χ0v) is 17.4. The third kappa shape index (κ3) is 4.33. The lowest BCUT2D eigenvalue weighted by atomic mass is 10.2. The number of fused-ring (bicyclic) bond motifs is 1. The molecule has 2 aromatic heterocycles. The Balaban J connectivity index is 1.63. The fourth-order valence-electron chi connectivity index (χ4n) is 3.02. The number of aromatic nitrogens is 3. The van der Waals surface area contributed by atoms with Crippen molar-refractivity contribution in [1.82, 2.24) is 14.5 Å². The van der Waals surface area contributed by atoms with Gasteiger partial charge in [-0.15, -0.1) is 11.8 Å². The molecule has 148 valence electrons.